The maximum Gasteiger partial charge on any atom is 0.435 e. The van der Waals surface area contributed by atoms with Crippen LogP contribution in [0.1, 0.15) is 11.4 Å². The molecule has 0 bridgehead atoms. The van der Waals surface area contributed by atoms with Crippen molar-refractivity contribution in [2.75, 3.05) is 26.6 Å². The van der Waals surface area contributed by atoms with Gasteiger partial charge >= 0.3 is 11.0 Å². The maximum absolute atomic E-state index is 13.6. The highest BCUT2D eigenvalue weighted by atomic mass is 32.1. The number of alkyl halides is 3. The summed E-state index contributed by atoms with van der Waals surface area (Å²) in [6.07, 6.45) is -1.77. The molecule has 0 spiro atoms. The van der Waals surface area contributed by atoms with Crippen molar-refractivity contribution in [3.63, 3.8) is 0 Å². The summed E-state index contributed by atoms with van der Waals surface area (Å²) in [6.45, 7) is 1.49. The zero-order valence-electron chi connectivity index (χ0n) is 21.9. The van der Waals surface area contributed by atoms with E-state index in [0.29, 0.717) is 33.9 Å². The van der Waals surface area contributed by atoms with Gasteiger partial charge in [0.2, 0.25) is 11.8 Å². The summed E-state index contributed by atoms with van der Waals surface area (Å²) >= 11 is 4.95. The molecule has 0 aliphatic carbocycles. The molecule has 0 saturated heterocycles. The number of halogens is 3. The van der Waals surface area contributed by atoms with Crippen LogP contribution >= 0.6 is 12.2 Å². The number of hydrogen-bond donors (Lipinski definition) is 2. The second-order valence-corrected chi connectivity index (χ2v) is 8.80. The summed E-state index contributed by atoms with van der Waals surface area (Å²) in [6, 6.07) is 7.62. The van der Waals surface area contributed by atoms with Crippen LogP contribution in [-0.4, -0.2) is 56.2 Å². The molecule has 5 aromatic rings. The lowest BCUT2D eigenvalue weighted by molar-refractivity contribution is -0.141. The summed E-state index contributed by atoms with van der Waals surface area (Å²) in [5, 5.41) is 9.43. The van der Waals surface area contributed by atoms with Crippen LogP contribution in [0.3, 0.4) is 0 Å². The Kier molecular flexibility index (Phi) is 7.32. The molecule has 12 nitrogen and oxygen atoms in total. The van der Waals surface area contributed by atoms with Gasteiger partial charge in [0.05, 0.1) is 26.9 Å². The number of nitrogens with zero attached hydrogens (tertiary/aromatic N) is 6. The lowest BCUT2D eigenvalue weighted by Crippen LogP contribution is -2.11. The van der Waals surface area contributed by atoms with E-state index in [1.165, 1.54) is 40.6 Å². The predicted molar refractivity (Wildman–Crippen MR) is 142 cm³/mol. The normalized spacial score (nSPS) is 11.4. The van der Waals surface area contributed by atoms with Gasteiger partial charge in [-0.1, -0.05) is 0 Å². The molecule has 0 aliphatic heterocycles. The zero-order valence-corrected chi connectivity index (χ0v) is 22.7. The first-order valence-electron chi connectivity index (χ1n) is 11.7. The largest absolute Gasteiger partial charge is 0.497 e. The molecular formula is C25H21F3N8O4S. The number of anilines is 2. The average molecular weight is 587 g/mol. The second-order valence-electron chi connectivity index (χ2n) is 8.45. The second kappa shape index (κ2) is 10.9. The van der Waals surface area contributed by atoms with Crippen LogP contribution in [0.5, 0.6) is 17.4 Å². The summed E-state index contributed by atoms with van der Waals surface area (Å²) in [5.74, 6) is 1.58. The smallest absolute Gasteiger partial charge is 0.435 e. The molecular weight excluding hydrogens is 565 g/mol. The van der Waals surface area contributed by atoms with Gasteiger partial charge in [-0.25, -0.2) is 19.8 Å². The fourth-order valence-electron chi connectivity index (χ4n) is 3.91. The summed E-state index contributed by atoms with van der Waals surface area (Å²) in [5.41, 5.74) is 0.759. The van der Waals surface area contributed by atoms with Gasteiger partial charge in [-0.3, -0.25) is 0 Å². The number of nitrogens with one attached hydrogen (secondary N) is 2. The average Bonchev–Trinajstić information content (AvgIpc) is 3.57. The quantitative estimate of drug-likeness (QED) is 0.222. The third-order valence-corrected chi connectivity index (χ3v) is 5.98. The Morgan fingerprint density at radius 2 is 1.66 bits per heavy atom. The SMILES string of the molecule is COc1cc(Nc2ncc(-c3cnc(OC)c(-c4nc(=S)o[nH]4)c3)c(-n3nc(C(F)(F)F)cc3C)n2)cc(OC)c1. The standard InChI is InChI=1S/C25H21F3N8O4S/c1-12-5-19(25(26,27)28)34-36(12)21-18(13-6-17(22(39-4)29-10-13)20-32-24(41)40-35-20)11-30-23(33-21)31-14-7-15(37-2)9-16(8-14)38-3/h5-11H,1-4H3,(H,30,31,33)(H,32,35,41). The lowest BCUT2D eigenvalue weighted by Gasteiger charge is -2.14. The third kappa shape index (κ3) is 5.67. The maximum atomic E-state index is 13.6. The van der Waals surface area contributed by atoms with Crippen LogP contribution in [0, 0.1) is 11.8 Å². The first-order valence-corrected chi connectivity index (χ1v) is 12.1. The molecule has 212 valence electrons. The highest BCUT2D eigenvalue weighted by molar-refractivity contribution is 7.71. The van der Waals surface area contributed by atoms with Gasteiger partial charge < -0.3 is 24.1 Å². The topological polar surface area (TPSA) is 138 Å². The molecule has 0 fully saturated rings. The Hall–Kier alpha value is -4.99. The van der Waals surface area contributed by atoms with Gasteiger partial charge in [0.15, 0.2) is 17.3 Å². The summed E-state index contributed by atoms with van der Waals surface area (Å²) in [7, 11) is 4.43. The van der Waals surface area contributed by atoms with E-state index >= 15 is 0 Å². The number of pyridine rings is 1. The first kappa shape index (κ1) is 27.6. The number of H-pyrrole nitrogens is 1. The van der Waals surface area contributed by atoms with Crippen molar-refractivity contribution in [3.8, 4) is 45.7 Å². The van der Waals surface area contributed by atoms with Crippen molar-refractivity contribution < 1.29 is 31.9 Å². The van der Waals surface area contributed by atoms with E-state index < -0.39 is 11.9 Å². The fraction of sp³-hybridized carbons (Fsp3) is 0.200. The van der Waals surface area contributed by atoms with E-state index in [2.05, 4.69) is 35.5 Å². The van der Waals surface area contributed by atoms with Crippen molar-refractivity contribution >= 4 is 23.9 Å². The molecule has 0 aliphatic rings. The first-order chi connectivity index (χ1) is 19.6. The third-order valence-electron chi connectivity index (χ3n) is 5.80. The predicted octanol–water partition coefficient (Wildman–Crippen LogP) is 5.53. The molecule has 0 amide bonds. The molecule has 0 unspecified atom stereocenters. The van der Waals surface area contributed by atoms with E-state index in [9.17, 15) is 13.2 Å². The summed E-state index contributed by atoms with van der Waals surface area (Å²) in [4.78, 5) is 17.3. The van der Waals surface area contributed by atoms with E-state index in [1.807, 2.05) is 0 Å². The Balaban J connectivity index is 1.67. The molecule has 0 atom stereocenters. The van der Waals surface area contributed by atoms with Crippen LogP contribution in [0.25, 0.3) is 28.3 Å². The van der Waals surface area contributed by atoms with Gasteiger partial charge in [0.25, 0.3) is 0 Å². The number of aromatic amines is 1. The van der Waals surface area contributed by atoms with Crippen molar-refractivity contribution in [2.45, 2.75) is 13.1 Å². The number of aryl methyl sites for hydroxylation is 1. The Bertz CT molecular complexity index is 1760. The van der Waals surface area contributed by atoms with Crippen molar-refractivity contribution in [3.05, 3.63) is 59.0 Å². The van der Waals surface area contributed by atoms with Crippen molar-refractivity contribution in [2.24, 2.45) is 0 Å². The number of benzene rings is 1. The summed E-state index contributed by atoms with van der Waals surface area (Å²) < 4.78 is 62.8. The molecule has 16 heteroatoms. The molecule has 0 radical (unpaired) electrons. The van der Waals surface area contributed by atoms with Gasteiger partial charge in [-0.2, -0.15) is 28.2 Å². The zero-order chi connectivity index (χ0) is 29.3. The van der Waals surface area contributed by atoms with Crippen LogP contribution in [0.4, 0.5) is 24.8 Å². The van der Waals surface area contributed by atoms with Gasteiger partial charge in [0, 0.05) is 53.1 Å². The Morgan fingerprint density at radius 3 is 2.24 bits per heavy atom. The molecule has 41 heavy (non-hydrogen) atoms. The molecule has 1 aromatic carbocycles. The van der Waals surface area contributed by atoms with Crippen LogP contribution < -0.4 is 19.5 Å². The minimum absolute atomic E-state index is 0.0343. The Morgan fingerprint density at radius 1 is 0.927 bits per heavy atom. The number of ether oxygens (including phenoxy) is 3. The highest BCUT2D eigenvalue weighted by Gasteiger charge is 2.35. The number of aromatic nitrogens is 7. The van der Waals surface area contributed by atoms with Crippen molar-refractivity contribution in [1.29, 1.82) is 0 Å². The minimum Gasteiger partial charge on any atom is -0.497 e. The van der Waals surface area contributed by atoms with Gasteiger partial charge in [-0.05, 0) is 31.3 Å². The van der Waals surface area contributed by atoms with E-state index in [0.717, 1.165) is 10.7 Å². The van der Waals surface area contributed by atoms with Gasteiger partial charge in [0.1, 0.15) is 11.5 Å². The molecule has 2 N–H and O–H groups in total. The van der Waals surface area contributed by atoms with E-state index in [-0.39, 0.29) is 34.0 Å². The monoisotopic (exact) mass is 586 g/mol. The molecule has 0 saturated carbocycles. The minimum atomic E-state index is -4.67. The van der Waals surface area contributed by atoms with Crippen LogP contribution in [0.15, 0.2) is 47.2 Å². The fourth-order valence-corrected chi connectivity index (χ4v) is 4.04. The van der Waals surface area contributed by atoms with Crippen molar-refractivity contribution in [1.82, 2.24) is 34.9 Å². The van der Waals surface area contributed by atoms with E-state index in [1.54, 1.807) is 24.3 Å². The number of hydrogen-bond acceptors (Lipinski definition) is 11. The van der Waals surface area contributed by atoms with Crippen LogP contribution in [-0.2, 0) is 6.18 Å². The highest BCUT2D eigenvalue weighted by Crippen LogP contribution is 2.35. The molecule has 5 rings (SSSR count). The molecule has 4 aromatic heterocycles. The number of rotatable bonds is 8. The van der Waals surface area contributed by atoms with Crippen LogP contribution in [0.2, 0.25) is 0 Å². The van der Waals surface area contributed by atoms with Gasteiger partial charge in [-0.15, -0.1) is 0 Å². The number of methoxy groups -OCH3 is 3. The Labute approximate surface area is 235 Å². The lowest BCUT2D eigenvalue weighted by atomic mass is 10.1. The van der Waals surface area contributed by atoms with E-state index in [4.69, 9.17) is 31.0 Å². The molecule has 4 heterocycles.